The van der Waals surface area contributed by atoms with Gasteiger partial charge in [0.05, 0.1) is 38.3 Å². The Morgan fingerprint density at radius 2 is 2.36 bits per heavy atom. The molecular formula is C17H22N4O4. The molecule has 3 rings (SSSR count). The topological polar surface area (TPSA) is 87.4 Å². The highest BCUT2D eigenvalue weighted by molar-refractivity contribution is 5.75. The molecule has 0 saturated carbocycles. The predicted octanol–water partition coefficient (Wildman–Crippen LogP) is 0.121. The maximum absolute atomic E-state index is 12.1. The molecule has 3 heterocycles. The summed E-state index contributed by atoms with van der Waals surface area (Å²) in [5, 5.41) is 7.27. The average molecular weight is 346 g/mol. The lowest BCUT2D eigenvalue weighted by atomic mass is 9.98. The van der Waals surface area contributed by atoms with E-state index in [2.05, 4.69) is 10.4 Å². The number of fused-ring (bicyclic) bond motifs is 1. The van der Waals surface area contributed by atoms with Crippen molar-refractivity contribution in [3.05, 3.63) is 52.2 Å². The van der Waals surface area contributed by atoms with Crippen molar-refractivity contribution in [2.75, 3.05) is 26.9 Å². The SMILES string of the molecule is COCCn1ncc2c1COCC2CNC(=O)Cn1ccccc1=O. The molecule has 0 aliphatic carbocycles. The van der Waals surface area contributed by atoms with Crippen LogP contribution in [0.2, 0.25) is 0 Å². The van der Waals surface area contributed by atoms with Crippen LogP contribution in [0, 0.1) is 0 Å². The lowest BCUT2D eigenvalue weighted by molar-refractivity contribution is -0.121. The van der Waals surface area contributed by atoms with Crippen molar-refractivity contribution in [2.45, 2.75) is 25.6 Å². The molecule has 1 aliphatic rings. The molecule has 0 fully saturated rings. The van der Waals surface area contributed by atoms with E-state index in [1.807, 2.05) is 10.9 Å². The van der Waals surface area contributed by atoms with Crippen LogP contribution in [-0.4, -0.2) is 47.1 Å². The van der Waals surface area contributed by atoms with Crippen molar-refractivity contribution < 1.29 is 14.3 Å². The first kappa shape index (κ1) is 17.4. The Balaban J connectivity index is 1.59. The van der Waals surface area contributed by atoms with Gasteiger partial charge in [-0.2, -0.15) is 5.10 Å². The van der Waals surface area contributed by atoms with Crippen LogP contribution in [0.5, 0.6) is 0 Å². The van der Waals surface area contributed by atoms with Crippen molar-refractivity contribution in [1.82, 2.24) is 19.7 Å². The minimum atomic E-state index is -0.202. The first-order valence-electron chi connectivity index (χ1n) is 8.22. The van der Waals surface area contributed by atoms with Gasteiger partial charge in [-0.25, -0.2) is 0 Å². The Morgan fingerprint density at radius 3 is 3.16 bits per heavy atom. The molecule has 0 radical (unpaired) electrons. The van der Waals surface area contributed by atoms with E-state index in [1.165, 1.54) is 10.6 Å². The molecule has 1 aliphatic heterocycles. The van der Waals surface area contributed by atoms with Crippen LogP contribution in [0.3, 0.4) is 0 Å². The minimum Gasteiger partial charge on any atom is -0.383 e. The summed E-state index contributed by atoms with van der Waals surface area (Å²) in [6.07, 6.45) is 3.44. The maximum atomic E-state index is 12.1. The van der Waals surface area contributed by atoms with E-state index in [0.717, 1.165) is 11.3 Å². The maximum Gasteiger partial charge on any atom is 0.250 e. The van der Waals surface area contributed by atoms with Gasteiger partial charge in [0.15, 0.2) is 0 Å². The highest BCUT2D eigenvalue weighted by atomic mass is 16.5. The molecule has 2 aromatic rings. The van der Waals surface area contributed by atoms with Crippen molar-refractivity contribution in [2.24, 2.45) is 0 Å². The first-order valence-corrected chi connectivity index (χ1v) is 8.22. The Kier molecular flexibility index (Phi) is 5.62. The van der Waals surface area contributed by atoms with Crippen LogP contribution in [0.15, 0.2) is 35.4 Å². The van der Waals surface area contributed by atoms with Gasteiger partial charge in [-0.3, -0.25) is 14.3 Å². The normalized spacial score (nSPS) is 16.4. The Hall–Kier alpha value is -2.45. The number of hydrogen-bond acceptors (Lipinski definition) is 5. The van der Waals surface area contributed by atoms with Gasteiger partial charge in [-0.1, -0.05) is 6.07 Å². The van der Waals surface area contributed by atoms with Gasteiger partial charge < -0.3 is 19.4 Å². The van der Waals surface area contributed by atoms with Gasteiger partial charge in [-0.05, 0) is 6.07 Å². The molecule has 1 amide bonds. The molecule has 0 saturated heterocycles. The van der Waals surface area contributed by atoms with Crippen LogP contribution in [0.4, 0.5) is 0 Å². The van der Waals surface area contributed by atoms with Crippen LogP contribution in [0.25, 0.3) is 0 Å². The quantitative estimate of drug-likeness (QED) is 0.769. The van der Waals surface area contributed by atoms with Crippen molar-refractivity contribution in [3.8, 4) is 0 Å². The van der Waals surface area contributed by atoms with Gasteiger partial charge in [0.2, 0.25) is 5.91 Å². The lowest BCUT2D eigenvalue weighted by Crippen LogP contribution is -2.36. The summed E-state index contributed by atoms with van der Waals surface area (Å²) in [4.78, 5) is 23.8. The molecule has 0 bridgehead atoms. The monoisotopic (exact) mass is 346 g/mol. The molecule has 25 heavy (non-hydrogen) atoms. The summed E-state index contributed by atoms with van der Waals surface area (Å²) in [5.41, 5.74) is 1.93. The second kappa shape index (κ2) is 8.09. The van der Waals surface area contributed by atoms with E-state index in [-0.39, 0.29) is 23.9 Å². The number of aromatic nitrogens is 3. The van der Waals surface area contributed by atoms with E-state index in [1.54, 1.807) is 25.4 Å². The summed E-state index contributed by atoms with van der Waals surface area (Å²) in [6.45, 7) is 2.76. The van der Waals surface area contributed by atoms with E-state index in [9.17, 15) is 9.59 Å². The molecule has 2 aromatic heterocycles. The largest absolute Gasteiger partial charge is 0.383 e. The van der Waals surface area contributed by atoms with Gasteiger partial charge in [0.25, 0.3) is 5.56 Å². The summed E-state index contributed by atoms with van der Waals surface area (Å²) in [7, 11) is 1.66. The summed E-state index contributed by atoms with van der Waals surface area (Å²) >= 11 is 0. The first-order chi connectivity index (χ1) is 12.2. The van der Waals surface area contributed by atoms with Crippen LogP contribution in [-0.2, 0) is 34.0 Å². The number of ether oxygens (including phenoxy) is 2. The van der Waals surface area contributed by atoms with Gasteiger partial charge in [0.1, 0.15) is 6.54 Å². The predicted molar refractivity (Wildman–Crippen MR) is 90.2 cm³/mol. The molecule has 1 N–H and O–H groups in total. The molecule has 8 nitrogen and oxygen atoms in total. The molecule has 1 unspecified atom stereocenters. The Labute approximate surface area is 145 Å². The molecule has 134 valence electrons. The van der Waals surface area contributed by atoms with Crippen LogP contribution in [0.1, 0.15) is 17.2 Å². The molecule has 8 heteroatoms. The third-order valence-electron chi connectivity index (χ3n) is 4.24. The van der Waals surface area contributed by atoms with Gasteiger partial charge in [0, 0.05) is 37.4 Å². The van der Waals surface area contributed by atoms with E-state index >= 15 is 0 Å². The second-order valence-electron chi connectivity index (χ2n) is 5.95. The van der Waals surface area contributed by atoms with Crippen LogP contribution < -0.4 is 10.9 Å². The fraction of sp³-hybridized carbons (Fsp3) is 0.471. The third kappa shape index (κ3) is 4.15. The zero-order valence-electron chi connectivity index (χ0n) is 14.2. The zero-order valence-corrected chi connectivity index (χ0v) is 14.2. The lowest BCUT2D eigenvalue weighted by Gasteiger charge is -2.24. The summed E-state index contributed by atoms with van der Waals surface area (Å²) in [5.74, 6) is -0.149. The number of carbonyl (C=O) groups excluding carboxylic acids is 1. The molecule has 0 aromatic carbocycles. The number of pyridine rings is 1. The fourth-order valence-corrected chi connectivity index (χ4v) is 2.89. The third-order valence-corrected chi connectivity index (χ3v) is 4.24. The Bertz CT molecular complexity index is 783. The fourth-order valence-electron chi connectivity index (χ4n) is 2.89. The van der Waals surface area contributed by atoms with Gasteiger partial charge >= 0.3 is 0 Å². The molecule has 0 spiro atoms. The van der Waals surface area contributed by atoms with Crippen LogP contribution >= 0.6 is 0 Å². The summed E-state index contributed by atoms with van der Waals surface area (Å²) in [6, 6.07) is 4.81. The van der Waals surface area contributed by atoms with Crippen molar-refractivity contribution >= 4 is 5.91 Å². The molecular weight excluding hydrogens is 324 g/mol. The minimum absolute atomic E-state index is 0.00715. The van der Waals surface area contributed by atoms with Crippen molar-refractivity contribution in [3.63, 3.8) is 0 Å². The number of nitrogens with one attached hydrogen (secondary N) is 1. The number of methoxy groups -OCH3 is 1. The number of carbonyl (C=O) groups is 1. The highest BCUT2D eigenvalue weighted by Crippen LogP contribution is 2.25. The standard InChI is InChI=1S/C17H22N4O4/c1-24-7-6-21-15-12-25-11-13(14(15)9-19-21)8-18-16(22)10-20-5-3-2-4-17(20)23/h2-5,9,13H,6-8,10-12H2,1H3,(H,18,22). The zero-order chi connectivity index (χ0) is 17.6. The van der Waals surface area contributed by atoms with E-state index < -0.39 is 0 Å². The summed E-state index contributed by atoms with van der Waals surface area (Å²) < 4.78 is 14.0. The number of rotatable bonds is 7. The number of nitrogens with zero attached hydrogens (tertiary/aromatic N) is 3. The smallest absolute Gasteiger partial charge is 0.250 e. The van der Waals surface area contributed by atoms with Gasteiger partial charge in [-0.15, -0.1) is 0 Å². The highest BCUT2D eigenvalue weighted by Gasteiger charge is 2.25. The Morgan fingerprint density at radius 1 is 1.48 bits per heavy atom. The average Bonchev–Trinajstić information content (AvgIpc) is 3.04. The van der Waals surface area contributed by atoms with E-state index in [4.69, 9.17) is 9.47 Å². The number of hydrogen-bond donors (Lipinski definition) is 1. The molecule has 1 atom stereocenters. The second-order valence-corrected chi connectivity index (χ2v) is 5.95. The van der Waals surface area contributed by atoms with Crippen molar-refractivity contribution in [1.29, 1.82) is 0 Å². The van der Waals surface area contributed by atoms with E-state index in [0.29, 0.717) is 32.9 Å². The number of amides is 1.